The van der Waals surface area contributed by atoms with Crippen LogP contribution < -0.4 is 11.2 Å². The van der Waals surface area contributed by atoms with Gasteiger partial charge in [0.05, 0.1) is 19.6 Å². The standard InChI is InChI=1S/C21H23N5O4/c1-13-12-25-17-18(22-20(25)26(13)14(2)15-8-6-5-7-9-15)23(3)21(29)24(19(17)28)11-10-16(27)30-4/h5-9,12,14H,10-11H2,1-4H3. The van der Waals surface area contributed by atoms with Crippen LogP contribution in [0.2, 0.25) is 0 Å². The molecule has 0 amide bonds. The van der Waals surface area contributed by atoms with Gasteiger partial charge in [0.15, 0.2) is 11.2 Å². The molecule has 1 unspecified atom stereocenters. The van der Waals surface area contributed by atoms with E-state index >= 15 is 0 Å². The van der Waals surface area contributed by atoms with Crippen LogP contribution in [0, 0.1) is 6.92 Å². The predicted molar refractivity (Wildman–Crippen MR) is 112 cm³/mol. The molecule has 30 heavy (non-hydrogen) atoms. The van der Waals surface area contributed by atoms with E-state index in [9.17, 15) is 14.4 Å². The Morgan fingerprint density at radius 2 is 1.90 bits per heavy atom. The molecule has 0 bridgehead atoms. The van der Waals surface area contributed by atoms with Gasteiger partial charge in [0, 0.05) is 25.5 Å². The smallest absolute Gasteiger partial charge is 0.332 e. The van der Waals surface area contributed by atoms with Gasteiger partial charge in [-0.1, -0.05) is 30.3 Å². The molecule has 3 aromatic heterocycles. The van der Waals surface area contributed by atoms with E-state index in [0.717, 1.165) is 15.8 Å². The SMILES string of the molecule is COC(=O)CCn1c(=O)c2c(nc3n(C(C)c4ccccc4)c(C)cn23)n(C)c1=O. The fourth-order valence-electron chi connectivity index (χ4n) is 3.89. The fourth-order valence-corrected chi connectivity index (χ4v) is 3.89. The first-order chi connectivity index (χ1) is 14.3. The first kappa shape index (κ1) is 19.7. The maximum atomic E-state index is 13.2. The number of imidazole rings is 2. The minimum absolute atomic E-state index is 0.0147. The second kappa shape index (κ2) is 7.33. The molecule has 0 saturated carbocycles. The quantitative estimate of drug-likeness (QED) is 0.467. The molecule has 3 heterocycles. The summed E-state index contributed by atoms with van der Waals surface area (Å²) >= 11 is 0. The number of aryl methyl sites for hydroxylation is 2. The number of esters is 1. The molecule has 0 fully saturated rings. The zero-order valence-corrected chi connectivity index (χ0v) is 17.3. The second-order valence-corrected chi connectivity index (χ2v) is 7.31. The lowest BCUT2D eigenvalue weighted by Crippen LogP contribution is -2.39. The van der Waals surface area contributed by atoms with Crippen LogP contribution in [-0.2, 0) is 23.1 Å². The van der Waals surface area contributed by atoms with E-state index in [0.29, 0.717) is 16.9 Å². The van der Waals surface area contributed by atoms with Gasteiger partial charge in [-0.2, -0.15) is 4.98 Å². The average Bonchev–Trinajstić information content (AvgIpc) is 3.26. The number of fused-ring (bicyclic) bond motifs is 3. The molecule has 4 rings (SSSR count). The molecule has 0 saturated heterocycles. The van der Waals surface area contributed by atoms with Crippen LogP contribution in [0.25, 0.3) is 16.9 Å². The molecule has 9 heteroatoms. The highest BCUT2D eigenvalue weighted by molar-refractivity contribution is 5.76. The first-order valence-corrected chi connectivity index (χ1v) is 9.66. The minimum Gasteiger partial charge on any atom is -0.469 e. The highest BCUT2D eigenvalue weighted by Crippen LogP contribution is 2.25. The summed E-state index contributed by atoms with van der Waals surface area (Å²) in [7, 11) is 2.84. The van der Waals surface area contributed by atoms with Gasteiger partial charge in [0.2, 0.25) is 5.78 Å². The Kier molecular flexibility index (Phi) is 4.81. The van der Waals surface area contributed by atoms with Crippen molar-refractivity contribution in [2.24, 2.45) is 7.05 Å². The molecule has 0 aliphatic heterocycles. The van der Waals surface area contributed by atoms with Crippen molar-refractivity contribution in [1.82, 2.24) is 23.1 Å². The molecule has 1 aromatic carbocycles. The maximum Gasteiger partial charge on any atom is 0.332 e. The number of methoxy groups -OCH3 is 1. The number of ether oxygens (including phenoxy) is 1. The first-order valence-electron chi connectivity index (χ1n) is 9.66. The Labute approximate surface area is 171 Å². The number of carbonyl (C=O) groups excluding carboxylic acids is 1. The van der Waals surface area contributed by atoms with Crippen LogP contribution in [0.1, 0.15) is 30.6 Å². The summed E-state index contributed by atoms with van der Waals surface area (Å²) in [5.41, 5.74) is 1.66. The maximum absolute atomic E-state index is 13.2. The molecule has 0 radical (unpaired) electrons. The number of hydrogen-bond acceptors (Lipinski definition) is 5. The predicted octanol–water partition coefficient (Wildman–Crippen LogP) is 1.63. The van der Waals surface area contributed by atoms with Crippen LogP contribution in [0.15, 0.2) is 46.1 Å². The van der Waals surface area contributed by atoms with Crippen molar-refractivity contribution < 1.29 is 9.53 Å². The number of rotatable bonds is 5. The van der Waals surface area contributed by atoms with Crippen LogP contribution in [-0.4, -0.2) is 36.2 Å². The summed E-state index contributed by atoms with van der Waals surface area (Å²) in [5.74, 6) is 0.0952. The van der Waals surface area contributed by atoms with E-state index in [4.69, 9.17) is 0 Å². The molecular formula is C21H23N5O4. The lowest BCUT2D eigenvalue weighted by atomic mass is 10.1. The van der Waals surface area contributed by atoms with Crippen molar-refractivity contribution in [1.29, 1.82) is 0 Å². The van der Waals surface area contributed by atoms with E-state index in [1.165, 1.54) is 11.7 Å². The Balaban J connectivity index is 1.95. The van der Waals surface area contributed by atoms with Gasteiger partial charge in [-0.15, -0.1) is 0 Å². The van der Waals surface area contributed by atoms with Gasteiger partial charge in [0.25, 0.3) is 5.56 Å². The van der Waals surface area contributed by atoms with Crippen molar-refractivity contribution in [3.63, 3.8) is 0 Å². The summed E-state index contributed by atoms with van der Waals surface area (Å²) < 4.78 is 10.8. The Morgan fingerprint density at radius 1 is 1.20 bits per heavy atom. The Hall–Kier alpha value is -3.62. The summed E-state index contributed by atoms with van der Waals surface area (Å²) in [5, 5.41) is 0. The Morgan fingerprint density at radius 3 is 2.57 bits per heavy atom. The largest absolute Gasteiger partial charge is 0.469 e. The lowest BCUT2D eigenvalue weighted by molar-refractivity contribution is -0.140. The number of hydrogen-bond donors (Lipinski definition) is 0. The number of carbonyl (C=O) groups is 1. The van der Waals surface area contributed by atoms with Gasteiger partial charge in [-0.05, 0) is 19.4 Å². The third-order valence-electron chi connectivity index (χ3n) is 5.51. The van der Waals surface area contributed by atoms with Crippen molar-refractivity contribution in [2.75, 3.05) is 7.11 Å². The molecule has 0 aliphatic carbocycles. The van der Waals surface area contributed by atoms with E-state index < -0.39 is 17.2 Å². The zero-order chi connectivity index (χ0) is 21.6. The molecule has 0 spiro atoms. The second-order valence-electron chi connectivity index (χ2n) is 7.31. The topological polar surface area (TPSA) is 92.5 Å². The van der Waals surface area contributed by atoms with E-state index in [1.807, 2.05) is 48.0 Å². The third-order valence-corrected chi connectivity index (χ3v) is 5.51. The monoisotopic (exact) mass is 409 g/mol. The van der Waals surface area contributed by atoms with Crippen molar-refractivity contribution in [3.8, 4) is 0 Å². The van der Waals surface area contributed by atoms with Crippen LogP contribution >= 0.6 is 0 Å². The molecule has 0 N–H and O–H groups in total. The van der Waals surface area contributed by atoms with E-state index in [-0.39, 0.29) is 19.0 Å². The summed E-state index contributed by atoms with van der Waals surface area (Å²) in [6.07, 6.45) is 1.78. The van der Waals surface area contributed by atoms with E-state index in [2.05, 4.69) is 16.6 Å². The zero-order valence-electron chi connectivity index (χ0n) is 17.3. The summed E-state index contributed by atoms with van der Waals surface area (Å²) in [6.45, 7) is 3.97. The van der Waals surface area contributed by atoms with Crippen LogP contribution in [0.3, 0.4) is 0 Å². The Bertz CT molecular complexity index is 1370. The van der Waals surface area contributed by atoms with Gasteiger partial charge in [0.1, 0.15) is 0 Å². The highest BCUT2D eigenvalue weighted by atomic mass is 16.5. The molecule has 0 aliphatic rings. The number of benzene rings is 1. The number of aromatic nitrogens is 5. The average molecular weight is 409 g/mol. The van der Waals surface area contributed by atoms with Gasteiger partial charge in [-0.25, -0.2) is 4.79 Å². The normalized spacial score (nSPS) is 12.5. The van der Waals surface area contributed by atoms with Crippen LogP contribution in [0.5, 0.6) is 0 Å². The van der Waals surface area contributed by atoms with Gasteiger partial charge < -0.3 is 9.30 Å². The lowest BCUT2D eigenvalue weighted by Gasteiger charge is -2.16. The molecule has 4 aromatic rings. The van der Waals surface area contributed by atoms with Crippen molar-refractivity contribution >= 4 is 22.9 Å². The fraction of sp³-hybridized carbons (Fsp3) is 0.333. The molecular weight excluding hydrogens is 386 g/mol. The molecule has 9 nitrogen and oxygen atoms in total. The summed E-state index contributed by atoms with van der Waals surface area (Å²) in [4.78, 5) is 42.0. The highest BCUT2D eigenvalue weighted by Gasteiger charge is 2.22. The van der Waals surface area contributed by atoms with Crippen molar-refractivity contribution in [3.05, 3.63) is 68.6 Å². The minimum atomic E-state index is -0.517. The van der Waals surface area contributed by atoms with Crippen molar-refractivity contribution in [2.45, 2.75) is 32.9 Å². The molecule has 156 valence electrons. The van der Waals surface area contributed by atoms with Gasteiger partial charge in [-0.3, -0.25) is 23.1 Å². The van der Waals surface area contributed by atoms with E-state index in [1.54, 1.807) is 11.4 Å². The molecule has 1 atom stereocenters. The van der Waals surface area contributed by atoms with Gasteiger partial charge >= 0.3 is 11.7 Å². The third kappa shape index (κ3) is 2.94. The number of nitrogens with zero attached hydrogens (tertiary/aromatic N) is 5. The summed E-state index contributed by atoms with van der Waals surface area (Å²) in [6, 6.07) is 9.99. The van der Waals surface area contributed by atoms with Crippen LogP contribution in [0.4, 0.5) is 0 Å².